The van der Waals surface area contributed by atoms with Crippen LogP contribution < -0.4 is 15.6 Å². The molecule has 1 heterocycles. The number of thioether (sulfide) groups is 1. The molecule has 0 unspecified atom stereocenters. The summed E-state index contributed by atoms with van der Waals surface area (Å²) in [5.74, 6) is -0.216. The number of methoxy groups -OCH3 is 1. The third kappa shape index (κ3) is 6.18. The highest BCUT2D eigenvalue weighted by atomic mass is 32.2. The quantitative estimate of drug-likeness (QED) is 0.367. The molecule has 2 aromatic carbocycles. The van der Waals surface area contributed by atoms with E-state index in [1.165, 1.54) is 16.7 Å². The first-order chi connectivity index (χ1) is 15.4. The van der Waals surface area contributed by atoms with Crippen molar-refractivity contribution in [1.29, 1.82) is 0 Å². The molecule has 1 aliphatic rings. The van der Waals surface area contributed by atoms with Gasteiger partial charge in [0, 0.05) is 18.5 Å². The molecule has 9 heteroatoms. The molecule has 0 atom stereocenters. The van der Waals surface area contributed by atoms with Crippen molar-refractivity contribution < 1.29 is 19.1 Å². The summed E-state index contributed by atoms with van der Waals surface area (Å²) in [6.07, 6.45) is 2.32. The van der Waals surface area contributed by atoms with E-state index >= 15 is 0 Å². The van der Waals surface area contributed by atoms with Crippen LogP contribution in [0.25, 0.3) is 6.08 Å². The largest absolute Gasteiger partial charge is 0.497 e. The molecule has 0 radical (unpaired) electrons. The second-order valence-electron chi connectivity index (χ2n) is 7.08. The Morgan fingerprint density at radius 1 is 1.16 bits per heavy atom. The molecule has 3 amide bonds. The van der Waals surface area contributed by atoms with Crippen LogP contribution in [0.3, 0.4) is 0 Å². The summed E-state index contributed by atoms with van der Waals surface area (Å²) in [6, 6.07) is 14.4. The number of hydrogen-bond donors (Lipinski definition) is 2. The van der Waals surface area contributed by atoms with E-state index in [-0.39, 0.29) is 18.2 Å². The molecule has 2 aromatic rings. The molecule has 7 nitrogen and oxygen atoms in total. The van der Waals surface area contributed by atoms with Crippen molar-refractivity contribution in [1.82, 2.24) is 15.8 Å². The van der Waals surface area contributed by atoms with Crippen LogP contribution in [0.2, 0.25) is 0 Å². The first kappa shape index (κ1) is 23.5. The minimum atomic E-state index is -0.391. The van der Waals surface area contributed by atoms with Crippen molar-refractivity contribution >= 4 is 52.1 Å². The molecular weight excluding hydrogens is 446 g/mol. The smallest absolute Gasteiger partial charge is 0.269 e. The molecule has 166 valence electrons. The molecule has 1 fully saturated rings. The van der Waals surface area contributed by atoms with Gasteiger partial charge in [-0.2, -0.15) is 0 Å². The third-order valence-electron chi connectivity index (χ3n) is 4.68. The minimum absolute atomic E-state index is 0.139. The van der Waals surface area contributed by atoms with Gasteiger partial charge in [-0.05, 0) is 49.2 Å². The first-order valence-corrected chi connectivity index (χ1v) is 11.1. The molecule has 3 rings (SSSR count). The fourth-order valence-corrected chi connectivity index (χ4v) is 4.25. The van der Waals surface area contributed by atoms with Crippen molar-refractivity contribution in [3.8, 4) is 5.75 Å². The Hall–Kier alpha value is -3.17. The highest BCUT2D eigenvalue weighted by Crippen LogP contribution is 2.33. The van der Waals surface area contributed by atoms with Gasteiger partial charge in [0.05, 0.1) is 12.0 Å². The van der Waals surface area contributed by atoms with Gasteiger partial charge in [-0.25, -0.2) is 0 Å². The third-order valence-corrected chi connectivity index (χ3v) is 6.06. The predicted molar refractivity (Wildman–Crippen MR) is 129 cm³/mol. The minimum Gasteiger partial charge on any atom is -0.497 e. The lowest BCUT2D eigenvalue weighted by molar-refractivity contribution is -0.124. The number of ether oxygens (including phenoxy) is 1. The molecule has 32 heavy (non-hydrogen) atoms. The van der Waals surface area contributed by atoms with Crippen molar-refractivity contribution in [2.24, 2.45) is 0 Å². The molecule has 0 aliphatic carbocycles. The van der Waals surface area contributed by atoms with Crippen LogP contribution in [0, 0.1) is 6.92 Å². The van der Waals surface area contributed by atoms with Gasteiger partial charge in [0.15, 0.2) is 0 Å². The van der Waals surface area contributed by atoms with E-state index in [0.29, 0.717) is 33.5 Å². The summed E-state index contributed by atoms with van der Waals surface area (Å²) < 4.78 is 5.66. The number of rotatable bonds is 7. The fourth-order valence-electron chi connectivity index (χ4n) is 2.94. The zero-order valence-electron chi connectivity index (χ0n) is 17.7. The van der Waals surface area contributed by atoms with Gasteiger partial charge < -0.3 is 4.74 Å². The fraction of sp³-hybridized carbons (Fsp3) is 0.217. The van der Waals surface area contributed by atoms with E-state index in [4.69, 9.17) is 17.0 Å². The van der Waals surface area contributed by atoms with Crippen LogP contribution in [-0.2, 0) is 9.59 Å². The topological polar surface area (TPSA) is 87.7 Å². The van der Waals surface area contributed by atoms with Crippen LogP contribution in [0.1, 0.15) is 34.3 Å². The van der Waals surface area contributed by atoms with E-state index < -0.39 is 5.91 Å². The summed E-state index contributed by atoms with van der Waals surface area (Å²) in [6.45, 7) is 2.25. The predicted octanol–water partition coefficient (Wildman–Crippen LogP) is 3.45. The van der Waals surface area contributed by atoms with Crippen LogP contribution in [0.15, 0.2) is 53.4 Å². The Morgan fingerprint density at radius 3 is 2.62 bits per heavy atom. The molecular formula is C23H23N3O4S2. The maximum absolute atomic E-state index is 12.7. The molecule has 1 aliphatic heterocycles. The molecule has 0 saturated carbocycles. The lowest BCUT2D eigenvalue weighted by atomic mass is 10.1. The monoisotopic (exact) mass is 469 g/mol. The second kappa shape index (κ2) is 10.9. The van der Waals surface area contributed by atoms with E-state index in [1.807, 2.05) is 43.3 Å². The lowest BCUT2D eigenvalue weighted by Gasteiger charge is -2.14. The van der Waals surface area contributed by atoms with Gasteiger partial charge >= 0.3 is 0 Å². The molecule has 1 saturated heterocycles. The summed E-state index contributed by atoms with van der Waals surface area (Å²) >= 11 is 6.56. The number of hydrazine groups is 1. The number of nitrogens with zero attached hydrogens (tertiary/aromatic N) is 1. The Kier molecular flexibility index (Phi) is 8.02. The molecule has 0 aromatic heterocycles. The zero-order valence-corrected chi connectivity index (χ0v) is 19.3. The van der Waals surface area contributed by atoms with Crippen molar-refractivity contribution in [3.05, 3.63) is 70.1 Å². The highest BCUT2D eigenvalue weighted by molar-refractivity contribution is 8.26. The Bertz CT molecular complexity index is 1070. The van der Waals surface area contributed by atoms with Gasteiger partial charge in [0.2, 0.25) is 5.91 Å². The van der Waals surface area contributed by atoms with E-state index in [2.05, 4.69) is 10.9 Å². The van der Waals surface area contributed by atoms with Gasteiger partial charge in [-0.15, -0.1) is 0 Å². The highest BCUT2D eigenvalue weighted by Gasteiger charge is 2.31. The average Bonchev–Trinajstić information content (AvgIpc) is 3.05. The maximum atomic E-state index is 12.7. The molecule has 2 N–H and O–H groups in total. The summed E-state index contributed by atoms with van der Waals surface area (Å²) in [5.41, 5.74) is 7.12. The number of nitrogens with one attached hydrogen (secondary N) is 2. The SMILES string of the molecule is COc1cccc(C=C2SC(=S)N(CCCC(=O)NNC(=O)c3ccc(C)cc3)C2=O)c1. The number of thiocarbonyl (C=S) groups is 1. The lowest BCUT2D eigenvalue weighted by Crippen LogP contribution is -2.41. The number of amides is 3. The van der Waals surface area contributed by atoms with Gasteiger partial charge in [0.25, 0.3) is 11.8 Å². The van der Waals surface area contributed by atoms with Gasteiger partial charge in [-0.3, -0.25) is 30.1 Å². The summed E-state index contributed by atoms with van der Waals surface area (Å²) in [4.78, 5) is 38.8. The standard InChI is InChI=1S/C23H23N3O4S2/c1-15-8-10-17(11-9-15)21(28)25-24-20(27)7-4-12-26-22(29)19(32-23(26)31)14-16-5-3-6-18(13-16)30-2/h3,5-6,8-11,13-14H,4,7,12H2,1-2H3,(H,24,27)(H,25,28). The summed E-state index contributed by atoms with van der Waals surface area (Å²) in [5, 5.41) is 0. The first-order valence-electron chi connectivity index (χ1n) is 9.92. The van der Waals surface area contributed by atoms with Gasteiger partial charge in [-0.1, -0.05) is 53.8 Å². The van der Waals surface area contributed by atoms with Crippen LogP contribution in [0.5, 0.6) is 5.75 Å². The van der Waals surface area contributed by atoms with E-state index in [0.717, 1.165) is 11.1 Å². The van der Waals surface area contributed by atoms with Crippen LogP contribution in [0.4, 0.5) is 0 Å². The van der Waals surface area contributed by atoms with Crippen LogP contribution in [-0.4, -0.2) is 40.6 Å². The Morgan fingerprint density at radius 2 is 1.91 bits per heavy atom. The normalized spacial score (nSPS) is 14.6. The van der Waals surface area contributed by atoms with Crippen LogP contribution >= 0.6 is 24.0 Å². The van der Waals surface area contributed by atoms with E-state index in [9.17, 15) is 14.4 Å². The number of carbonyl (C=O) groups is 3. The van der Waals surface area contributed by atoms with Crippen molar-refractivity contribution in [3.63, 3.8) is 0 Å². The number of benzene rings is 2. The molecule has 0 spiro atoms. The van der Waals surface area contributed by atoms with Crippen molar-refractivity contribution in [2.45, 2.75) is 19.8 Å². The number of hydrogen-bond acceptors (Lipinski definition) is 6. The van der Waals surface area contributed by atoms with Crippen molar-refractivity contribution in [2.75, 3.05) is 13.7 Å². The Balaban J connectivity index is 1.47. The number of aryl methyl sites for hydroxylation is 1. The van der Waals surface area contributed by atoms with Gasteiger partial charge in [0.1, 0.15) is 10.1 Å². The summed E-state index contributed by atoms with van der Waals surface area (Å²) in [7, 11) is 1.59. The Labute approximate surface area is 196 Å². The number of carbonyl (C=O) groups excluding carboxylic acids is 3. The average molecular weight is 470 g/mol. The zero-order chi connectivity index (χ0) is 23.1. The molecule has 0 bridgehead atoms. The van der Waals surface area contributed by atoms with E-state index in [1.54, 1.807) is 25.3 Å². The second-order valence-corrected chi connectivity index (χ2v) is 8.76. The maximum Gasteiger partial charge on any atom is 0.269 e.